The number of Topliss-reactive ketones (excluding diaryl/α,β-unsaturated/α-hetero) is 1. The summed E-state index contributed by atoms with van der Waals surface area (Å²) in [4.78, 5) is 25.2. The fraction of sp³-hybridized carbons (Fsp3) is 0.0769. The molecule has 0 atom stereocenters. The summed E-state index contributed by atoms with van der Waals surface area (Å²) >= 11 is 0. The van der Waals surface area contributed by atoms with E-state index in [1.54, 1.807) is 24.3 Å². The van der Waals surface area contributed by atoms with Gasteiger partial charge in [0.05, 0.1) is 4.92 Å². The molecular formula is C13H11N3O3. The Morgan fingerprint density at radius 3 is 2.68 bits per heavy atom. The maximum atomic E-state index is 11.3. The van der Waals surface area contributed by atoms with Gasteiger partial charge in [-0.25, -0.2) is 4.98 Å². The largest absolute Gasteiger partial charge is 0.340 e. The Morgan fingerprint density at radius 2 is 2.11 bits per heavy atom. The number of hydrogen-bond donors (Lipinski definition) is 1. The molecule has 0 unspecified atom stereocenters. The molecule has 2 rings (SSSR count). The van der Waals surface area contributed by atoms with Gasteiger partial charge in [0.1, 0.15) is 12.0 Å². The van der Waals surface area contributed by atoms with Crippen LogP contribution in [0.25, 0.3) is 0 Å². The molecule has 0 fully saturated rings. The second-order valence-corrected chi connectivity index (χ2v) is 3.92. The number of aromatic nitrogens is 1. The molecule has 1 N–H and O–H groups in total. The van der Waals surface area contributed by atoms with Crippen LogP contribution in [0.2, 0.25) is 0 Å². The van der Waals surface area contributed by atoms with E-state index >= 15 is 0 Å². The zero-order valence-electron chi connectivity index (χ0n) is 10.2. The predicted octanol–water partition coefficient (Wildman–Crippen LogP) is 2.94. The van der Waals surface area contributed by atoms with Crippen LogP contribution in [0.3, 0.4) is 0 Å². The van der Waals surface area contributed by atoms with Gasteiger partial charge in [-0.2, -0.15) is 0 Å². The summed E-state index contributed by atoms with van der Waals surface area (Å²) in [5, 5.41) is 13.5. The normalized spacial score (nSPS) is 9.95. The molecule has 96 valence electrons. The zero-order chi connectivity index (χ0) is 13.8. The molecule has 0 radical (unpaired) electrons. The van der Waals surface area contributed by atoms with Crippen LogP contribution in [-0.2, 0) is 0 Å². The Hall–Kier alpha value is -2.76. The fourth-order valence-corrected chi connectivity index (χ4v) is 1.53. The van der Waals surface area contributed by atoms with Crippen LogP contribution in [0.4, 0.5) is 17.2 Å². The average molecular weight is 257 g/mol. The van der Waals surface area contributed by atoms with E-state index in [1.807, 2.05) is 0 Å². The number of rotatable bonds is 4. The second-order valence-electron chi connectivity index (χ2n) is 3.92. The van der Waals surface area contributed by atoms with Crippen LogP contribution in [0, 0.1) is 10.1 Å². The van der Waals surface area contributed by atoms with Crippen molar-refractivity contribution >= 4 is 23.0 Å². The van der Waals surface area contributed by atoms with Gasteiger partial charge in [-0.05, 0) is 25.1 Å². The van der Waals surface area contributed by atoms with Crippen LogP contribution >= 0.6 is 0 Å². The molecule has 1 heterocycles. The lowest BCUT2D eigenvalue weighted by Crippen LogP contribution is -1.97. The van der Waals surface area contributed by atoms with Crippen molar-refractivity contribution in [2.24, 2.45) is 0 Å². The summed E-state index contributed by atoms with van der Waals surface area (Å²) in [5.41, 5.74) is 1.23. The Balaban J connectivity index is 2.19. The first kappa shape index (κ1) is 12.7. The van der Waals surface area contributed by atoms with E-state index in [4.69, 9.17) is 0 Å². The van der Waals surface area contributed by atoms with E-state index in [2.05, 4.69) is 10.3 Å². The van der Waals surface area contributed by atoms with Crippen molar-refractivity contribution in [2.45, 2.75) is 6.92 Å². The van der Waals surface area contributed by atoms with Crippen molar-refractivity contribution in [1.82, 2.24) is 4.98 Å². The number of anilines is 2. The predicted molar refractivity (Wildman–Crippen MR) is 70.6 cm³/mol. The van der Waals surface area contributed by atoms with E-state index < -0.39 is 4.92 Å². The number of nitro groups is 1. The van der Waals surface area contributed by atoms with Crippen molar-refractivity contribution in [1.29, 1.82) is 0 Å². The molecule has 1 aromatic heterocycles. The lowest BCUT2D eigenvalue weighted by Gasteiger charge is -2.06. The van der Waals surface area contributed by atoms with Crippen molar-refractivity contribution in [3.05, 3.63) is 58.3 Å². The molecule has 0 saturated heterocycles. The molecule has 6 heteroatoms. The highest BCUT2D eigenvalue weighted by molar-refractivity contribution is 5.95. The molecule has 0 aliphatic carbocycles. The summed E-state index contributed by atoms with van der Waals surface area (Å²) in [6, 6.07) is 9.84. The summed E-state index contributed by atoms with van der Waals surface area (Å²) in [7, 11) is 0. The molecule has 0 aliphatic rings. The van der Waals surface area contributed by atoms with Crippen molar-refractivity contribution < 1.29 is 9.72 Å². The minimum Gasteiger partial charge on any atom is -0.340 e. The van der Waals surface area contributed by atoms with Crippen LogP contribution in [0.15, 0.2) is 42.6 Å². The average Bonchev–Trinajstić information content (AvgIpc) is 2.39. The first-order valence-electron chi connectivity index (χ1n) is 5.55. The number of pyridine rings is 1. The monoisotopic (exact) mass is 257 g/mol. The van der Waals surface area contributed by atoms with Crippen LogP contribution < -0.4 is 5.32 Å². The Labute approximate surface area is 109 Å². The number of nitrogens with zero attached hydrogens (tertiary/aromatic N) is 2. The summed E-state index contributed by atoms with van der Waals surface area (Å²) in [5.74, 6) is 0.451. The maximum Gasteiger partial charge on any atom is 0.287 e. The van der Waals surface area contributed by atoms with Gasteiger partial charge >= 0.3 is 0 Å². The quantitative estimate of drug-likeness (QED) is 0.517. The molecule has 0 aliphatic heterocycles. The van der Waals surface area contributed by atoms with Gasteiger partial charge in [-0.3, -0.25) is 14.9 Å². The number of hydrogen-bond acceptors (Lipinski definition) is 5. The first-order chi connectivity index (χ1) is 9.06. The number of carbonyl (C=O) groups excluding carboxylic acids is 1. The zero-order valence-corrected chi connectivity index (χ0v) is 10.2. The molecule has 0 amide bonds. The fourth-order valence-electron chi connectivity index (χ4n) is 1.53. The van der Waals surface area contributed by atoms with E-state index in [-0.39, 0.29) is 11.5 Å². The van der Waals surface area contributed by atoms with Gasteiger partial charge in [0.15, 0.2) is 5.78 Å². The Bertz CT molecular complexity index is 623. The summed E-state index contributed by atoms with van der Waals surface area (Å²) in [6.45, 7) is 1.49. The standard InChI is InChI=1S/C13H11N3O3/c1-9(17)10-3-2-4-11(7-10)15-13-6-5-12(8-14-13)16(18)19/h2-8H,1H3,(H,14,15). The lowest BCUT2D eigenvalue weighted by molar-refractivity contribution is -0.385. The number of nitrogens with one attached hydrogen (secondary N) is 1. The van der Waals surface area contributed by atoms with Gasteiger partial charge in [0, 0.05) is 17.3 Å². The van der Waals surface area contributed by atoms with E-state index in [9.17, 15) is 14.9 Å². The minimum atomic E-state index is -0.507. The van der Waals surface area contributed by atoms with Crippen LogP contribution in [0.5, 0.6) is 0 Å². The molecule has 6 nitrogen and oxygen atoms in total. The van der Waals surface area contributed by atoms with Gasteiger partial charge < -0.3 is 5.32 Å². The van der Waals surface area contributed by atoms with Crippen molar-refractivity contribution in [2.75, 3.05) is 5.32 Å². The van der Waals surface area contributed by atoms with Crippen LogP contribution in [-0.4, -0.2) is 15.7 Å². The third-order valence-corrected chi connectivity index (χ3v) is 2.50. The maximum absolute atomic E-state index is 11.3. The number of ketones is 1. The topological polar surface area (TPSA) is 85.1 Å². The Kier molecular flexibility index (Phi) is 3.51. The molecular weight excluding hydrogens is 246 g/mol. The summed E-state index contributed by atoms with van der Waals surface area (Å²) in [6.07, 6.45) is 1.18. The number of benzene rings is 1. The molecule has 2 aromatic rings. The third kappa shape index (κ3) is 3.12. The van der Waals surface area contributed by atoms with E-state index in [0.29, 0.717) is 17.1 Å². The third-order valence-electron chi connectivity index (χ3n) is 2.50. The second kappa shape index (κ2) is 5.26. The molecule has 0 spiro atoms. The summed E-state index contributed by atoms with van der Waals surface area (Å²) < 4.78 is 0. The lowest BCUT2D eigenvalue weighted by atomic mass is 10.1. The molecule has 0 saturated carbocycles. The smallest absolute Gasteiger partial charge is 0.287 e. The highest BCUT2D eigenvalue weighted by Gasteiger charge is 2.06. The molecule has 1 aromatic carbocycles. The van der Waals surface area contributed by atoms with Gasteiger partial charge in [-0.15, -0.1) is 0 Å². The van der Waals surface area contributed by atoms with Crippen molar-refractivity contribution in [3.8, 4) is 0 Å². The van der Waals surface area contributed by atoms with Crippen LogP contribution in [0.1, 0.15) is 17.3 Å². The van der Waals surface area contributed by atoms with Gasteiger partial charge in [0.2, 0.25) is 0 Å². The number of carbonyl (C=O) groups is 1. The molecule has 0 bridgehead atoms. The Morgan fingerprint density at radius 1 is 1.32 bits per heavy atom. The van der Waals surface area contributed by atoms with E-state index in [1.165, 1.54) is 25.3 Å². The van der Waals surface area contributed by atoms with E-state index in [0.717, 1.165) is 0 Å². The highest BCUT2D eigenvalue weighted by atomic mass is 16.6. The van der Waals surface area contributed by atoms with Gasteiger partial charge in [-0.1, -0.05) is 12.1 Å². The SMILES string of the molecule is CC(=O)c1cccc(Nc2ccc([N+](=O)[O-])cn2)c1. The van der Waals surface area contributed by atoms with Gasteiger partial charge in [0.25, 0.3) is 5.69 Å². The minimum absolute atomic E-state index is 0.0275. The first-order valence-corrected chi connectivity index (χ1v) is 5.55. The highest BCUT2D eigenvalue weighted by Crippen LogP contribution is 2.18. The molecule has 19 heavy (non-hydrogen) atoms. The van der Waals surface area contributed by atoms with Crippen molar-refractivity contribution in [3.63, 3.8) is 0 Å².